The second-order valence-electron chi connectivity index (χ2n) is 5.95. The lowest BCUT2D eigenvalue weighted by molar-refractivity contribution is 0.0711. The van der Waals surface area contributed by atoms with Crippen molar-refractivity contribution in [3.05, 3.63) is 46.5 Å². The highest BCUT2D eigenvalue weighted by atomic mass is 32.1. The van der Waals surface area contributed by atoms with Crippen molar-refractivity contribution in [3.63, 3.8) is 0 Å². The summed E-state index contributed by atoms with van der Waals surface area (Å²) in [6, 6.07) is 7.74. The number of aliphatic imine (C=N–C) groups is 1. The molecular weight excluding hydrogens is 322 g/mol. The molecular formula is C18H27N3O2S. The Kier molecular flexibility index (Phi) is 7.34. The summed E-state index contributed by atoms with van der Waals surface area (Å²) in [7, 11) is 0. The van der Waals surface area contributed by atoms with Crippen LogP contribution in [0.3, 0.4) is 0 Å². The molecule has 6 heteroatoms. The third-order valence-corrected chi connectivity index (χ3v) is 4.79. The van der Waals surface area contributed by atoms with E-state index in [4.69, 9.17) is 4.42 Å². The van der Waals surface area contributed by atoms with Gasteiger partial charge in [0.05, 0.1) is 12.8 Å². The van der Waals surface area contributed by atoms with Gasteiger partial charge in [0.1, 0.15) is 11.4 Å². The maximum Gasteiger partial charge on any atom is 0.191 e. The van der Waals surface area contributed by atoms with Gasteiger partial charge < -0.3 is 20.2 Å². The molecule has 24 heavy (non-hydrogen) atoms. The minimum absolute atomic E-state index is 0.315. The third kappa shape index (κ3) is 6.02. The largest absolute Gasteiger partial charge is 0.469 e. The van der Waals surface area contributed by atoms with Crippen LogP contribution in [0.5, 0.6) is 0 Å². The van der Waals surface area contributed by atoms with Crippen molar-refractivity contribution in [3.8, 4) is 0 Å². The first-order valence-corrected chi connectivity index (χ1v) is 9.30. The lowest BCUT2D eigenvalue weighted by Gasteiger charge is -2.20. The summed E-state index contributed by atoms with van der Waals surface area (Å²) >= 11 is 1.55. The van der Waals surface area contributed by atoms with Gasteiger partial charge in [0, 0.05) is 24.4 Å². The number of rotatable bonds is 9. The lowest BCUT2D eigenvalue weighted by atomic mass is 10.1. The number of thiophene rings is 1. The van der Waals surface area contributed by atoms with Crippen molar-refractivity contribution >= 4 is 17.3 Å². The number of nitrogens with one attached hydrogen (secondary N) is 2. The Labute approximate surface area is 147 Å². The normalized spacial score (nSPS) is 14.4. The SMILES string of the molecule is CCCCNC(=NCC(C)(O)c1cccs1)NCCc1ccco1. The first-order chi connectivity index (χ1) is 11.6. The van der Waals surface area contributed by atoms with E-state index < -0.39 is 5.60 Å². The van der Waals surface area contributed by atoms with Crippen molar-refractivity contribution < 1.29 is 9.52 Å². The quantitative estimate of drug-likeness (QED) is 0.370. The number of aliphatic hydroxyl groups is 1. The van der Waals surface area contributed by atoms with Gasteiger partial charge in [-0.3, -0.25) is 0 Å². The zero-order valence-electron chi connectivity index (χ0n) is 14.4. The number of unbranched alkanes of at least 4 members (excludes halogenated alkanes) is 1. The van der Waals surface area contributed by atoms with Crippen molar-refractivity contribution in [1.29, 1.82) is 0 Å². The van der Waals surface area contributed by atoms with Crippen LogP contribution in [-0.4, -0.2) is 30.7 Å². The fraction of sp³-hybridized carbons (Fsp3) is 0.500. The molecule has 0 aliphatic carbocycles. The van der Waals surface area contributed by atoms with E-state index in [1.54, 1.807) is 24.5 Å². The molecule has 0 saturated heterocycles. The van der Waals surface area contributed by atoms with Crippen molar-refractivity contribution in [2.75, 3.05) is 19.6 Å². The zero-order valence-corrected chi connectivity index (χ0v) is 15.2. The number of guanidine groups is 1. The molecule has 3 N–H and O–H groups in total. The molecule has 0 fully saturated rings. The Morgan fingerprint density at radius 2 is 2.12 bits per heavy atom. The van der Waals surface area contributed by atoms with Crippen molar-refractivity contribution in [1.82, 2.24) is 10.6 Å². The van der Waals surface area contributed by atoms with Crippen LogP contribution >= 0.6 is 11.3 Å². The van der Waals surface area contributed by atoms with E-state index in [-0.39, 0.29) is 0 Å². The summed E-state index contributed by atoms with van der Waals surface area (Å²) < 4.78 is 5.34. The smallest absolute Gasteiger partial charge is 0.191 e. The van der Waals surface area contributed by atoms with Crippen LogP contribution in [0.4, 0.5) is 0 Å². The van der Waals surface area contributed by atoms with Crippen LogP contribution in [0.15, 0.2) is 45.3 Å². The van der Waals surface area contributed by atoms with Gasteiger partial charge >= 0.3 is 0 Å². The summed E-state index contributed by atoms with van der Waals surface area (Å²) in [4.78, 5) is 5.49. The predicted molar refractivity (Wildman–Crippen MR) is 99.5 cm³/mol. The van der Waals surface area contributed by atoms with E-state index >= 15 is 0 Å². The van der Waals surface area contributed by atoms with Gasteiger partial charge in [0.15, 0.2) is 5.96 Å². The molecule has 0 aliphatic rings. The second kappa shape index (κ2) is 9.49. The maximum absolute atomic E-state index is 10.6. The number of nitrogens with zero attached hydrogens (tertiary/aromatic N) is 1. The molecule has 2 rings (SSSR count). The van der Waals surface area contributed by atoms with Crippen LogP contribution < -0.4 is 10.6 Å². The highest BCUT2D eigenvalue weighted by Gasteiger charge is 2.23. The van der Waals surface area contributed by atoms with Gasteiger partial charge in [0.25, 0.3) is 0 Å². The van der Waals surface area contributed by atoms with Crippen LogP contribution in [0.1, 0.15) is 37.3 Å². The van der Waals surface area contributed by atoms with Crippen molar-refractivity contribution in [2.24, 2.45) is 4.99 Å². The van der Waals surface area contributed by atoms with Gasteiger partial charge in [-0.2, -0.15) is 0 Å². The molecule has 0 aromatic carbocycles. The van der Waals surface area contributed by atoms with Gasteiger partial charge in [0.2, 0.25) is 0 Å². The van der Waals surface area contributed by atoms with Gasteiger partial charge in [-0.1, -0.05) is 19.4 Å². The summed E-state index contributed by atoms with van der Waals surface area (Å²) in [5.74, 6) is 1.67. The monoisotopic (exact) mass is 349 g/mol. The van der Waals surface area contributed by atoms with E-state index in [2.05, 4.69) is 22.5 Å². The molecule has 0 bridgehead atoms. The second-order valence-corrected chi connectivity index (χ2v) is 6.90. The number of furan rings is 1. The molecule has 1 atom stereocenters. The average molecular weight is 350 g/mol. The summed E-state index contributed by atoms with van der Waals surface area (Å²) in [5, 5.41) is 19.2. The Balaban J connectivity index is 1.90. The zero-order chi connectivity index (χ0) is 17.3. The number of hydrogen-bond acceptors (Lipinski definition) is 4. The first kappa shape index (κ1) is 18.5. The minimum Gasteiger partial charge on any atom is -0.469 e. The molecule has 0 saturated carbocycles. The molecule has 0 amide bonds. The lowest BCUT2D eigenvalue weighted by Crippen LogP contribution is -2.40. The summed E-state index contributed by atoms with van der Waals surface area (Å²) in [6.45, 7) is 5.87. The third-order valence-electron chi connectivity index (χ3n) is 3.66. The molecule has 0 spiro atoms. The van der Waals surface area contributed by atoms with Gasteiger partial charge in [-0.05, 0) is 36.9 Å². The fourth-order valence-electron chi connectivity index (χ4n) is 2.21. The summed E-state index contributed by atoms with van der Waals surface area (Å²) in [6.07, 6.45) is 4.69. The van der Waals surface area contributed by atoms with E-state index in [9.17, 15) is 5.11 Å². The highest BCUT2D eigenvalue weighted by molar-refractivity contribution is 7.10. The van der Waals surface area contributed by atoms with Crippen LogP contribution in [0.2, 0.25) is 0 Å². The van der Waals surface area contributed by atoms with Crippen LogP contribution in [0.25, 0.3) is 0 Å². The Morgan fingerprint density at radius 3 is 2.79 bits per heavy atom. The van der Waals surface area contributed by atoms with Gasteiger partial charge in [-0.25, -0.2) is 4.99 Å². The predicted octanol–water partition coefficient (Wildman–Crippen LogP) is 3.13. The fourth-order valence-corrected chi connectivity index (χ4v) is 2.99. The molecule has 0 aliphatic heterocycles. The maximum atomic E-state index is 10.6. The van der Waals surface area contributed by atoms with E-state index in [0.29, 0.717) is 6.54 Å². The highest BCUT2D eigenvalue weighted by Crippen LogP contribution is 2.25. The van der Waals surface area contributed by atoms with E-state index in [1.165, 1.54) is 0 Å². The van der Waals surface area contributed by atoms with E-state index in [0.717, 1.165) is 48.9 Å². The Hall–Kier alpha value is -1.79. The van der Waals surface area contributed by atoms with E-state index in [1.807, 2.05) is 29.6 Å². The minimum atomic E-state index is -0.950. The molecule has 2 aromatic rings. The van der Waals surface area contributed by atoms with Gasteiger partial charge in [-0.15, -0.1) is 11.3 Å². The Morgan fingerprint density at radius 1 is 1.29 bits per heavy atom. The molecule has 2 heterocycles. The summed E-state index contributed by atoms with van der Waals surface area (Å²) in [5.41, 5.74) is -0.950. The molecule has 132 valence electrons. The Bertz CT molecular complexity index is 592. The van der Waals surface area contributed by atoms with Crippen LogP contribution in [-0.2, 0) is 12.0 Å². The topological polar surface area (TPSA) is 69.8 Å². The molecule has 1 unspecified atom stereocenters. The standard InChI is InChI=1S/C18H27N3O2S/c1-3-4-10-19-17(20-11-9-15-7-5-12-23-15)21-14-18(2,22)16-8-6-13-24-16/h5-8,12-13,22H,3-4,9-11,14H2,1-2H3,(H2,19,20,21). The first-order valence-electron chi connectivity index (χ1n) is 8.43. The van der Waals surface area contributed by atoms with Crippen molar-refractivity contribution in [2.45, 2.75) is 38.7 Å². The van der Waals surface area contributed by atoms with Crippen LogP contribution in [0, 0.1) is 0 Å². The average Bonchev–Trinajstić information content (AvgIpc) is 3.26. The molecule has 2 aromatic heterocycles. The molecule has 5 nitrogen and oxygen atoms in total. The number of hydrogen-bond donors (Lipinski definition) is 3. The molecule has 0 radical (unpaired) electrons.